The standard InChI is InChI=1S/C17H26N2O3/c1-20-14-9-12-10-18-11-13(19-7-5-4-6-8-19)15(12)17(22-3)16(14)21-2/h9,13,18H,4-8,10-11H2,1-3H3/p+2/t13-/m0/s1. The maximum atomic E-state index is 5.77. The predicted octanol–water partition coefficient (Wildman–Crippen LogP) is -0.101. The van der Waals surface area contributed by atoms with E-state index in [4.69, 9.17) is 14.2 Å². The molecule has 5 heteroatoms. The molecular formula is C17H28N2O3+2. The van der Waals surface area contributed by atoms with Crippen LogP contribution in [0, 0.1) is 0 Å². The molecule has 0 spiro atoms. The number of likely N-dealkylation sites (tertiary alicyclic amines) is 1. The monoisotopic (exact) mass is 308 g/mol. The zero-order valence-corrected chi connectivity index (χ0v) is 13.9. The van der Waals surface area contributed by atoms with Crippen molar-refractivity contribution in [1.29, 1.82) is 0 Å². The van der Waals surface area contributed by atoms with Crippen molar-refractivity contribution in [3.63, 3.8) is 0 Å². The minimum absolute atomic E-state index is 0.485. The zero-order chi connectivity index (χ0) is 15.5. The summed E-state index contributed by atoms with van der Waals surface area (Å²) in [4.78, 5) is 1.69. The topological polar surface area (TPSA) is 48.7 Å². The summed E-state index contributed by atoms with van der Waals surface area (Å²) in [5.41, 5.74) is 2.66. The van der Waals surface area contributed by atoms with Crippen molar-refractivity contribution in [1.82, 2.24) is 0 Å². The van der Waals surface area contributed by atoms with E-state index < -0.39 is 0 Å². The van der Waals surface area contributed by atoms with Crippen LogP contribution in [0.4, 0.5) is 0 Å². The van der Waals surface area contributed by atoms with Crippen molar-refractivity contribution in [3.05, 3.63) is 17.2 Å². The Labute approximate surface area is 132 Å². The molecule has 2 heterocycles. The van der Waals surface area contributed by atoms with Crippen LogP contribution >= 0.6 is 0 Å². The first-order chi connectivity index (χ1) is 10.8. The summed E-state index contributed by atoms with van der Waals surface area (Å²) in [5.74, 6) is 2.36. The molecule has 1 atom stereocenters. The van der Waals surface area contributed by atoms with Crippen molar-refractivity contribution in [2.75, 3.05) is 41.0 Å². The second-order valence-corrected chi connectivity index (χ2v) is 6.22. The van der Waals surface area contributed by atoms with E-state index in [1.54, 1.807) is 26.2 Å². The lowest BCUT2D eigenvalue weighted by Gasteiger charge is -2.35. The van der Waals surface area contributed by atoms with Gasteiger partial charge >= 0.3 is 0 Å². The molecule has 3 N–H and O–H groups in total. The highest BCUT2D eigenvalue weighted by atomic mass is 16.5. The summed E-state index contributed by atoms with van der Waals surface area (Å²) in [5, 5.41) is 2.40. The molecule has 1 saturated heterocycles. The average molecular weight is 308 g/mol. The molecule has 1 fully saturated rings. The van der Waals surface area contributed by atoms with Crippen LogP contribution in [0.5, 0.6) is 17.2 Å². The average Bonchev–Trinajstić information content (AvgIpc) is 2.60. The Morgan fingerprint density at radius 3 is 2.36 bits per heavy atom. The molecule has 1 aromatic rings. The van der Waals surface area contributed by atoms with Gasteiger partial charge in [-0.15, -0.1) is 0 Å². The molecule has 2 aliphatic heterocycles. The van der Waals surface area contributed by atoms with Gasteiger partial charge < -0.3 is 24.4 Å². The molecule has 0 unspecified atom stereocenters. The molecule has 0 aliphatic carbocycles. The largest absolute Gasteiger partial charge is 0.493 e. The van der Waals surface area contributed by atoms with Gasteiger partial charge in [-0.25, -0.2) is 0 Å². The molecule has 5 nitrogen and oxygen atoms in total. The maximum Gasteiger partial charge on any atom is 0.203 e. The highest BCUT2D eigenvalue weighted by Crippen LogP contribution is 2.44. The van der Waals surface area contributed by atoms with Crippen molar-refractivity contribution < 1.29 is 24.4 Å². The van der Waals surface area contributed by atoms with Crippen LogP contribution in [-0.2, 0) is 6.54 Å². The molecule has 122 valence electrons. The maximum absolute atomic E-state index is 5.77. The van der Waals surface area contributed by atoms with E-state index in [2.05, 4.69) is 11.4 Å². The molecule has 0 saturated carbocycles. The van der Waals surface area contributed by atoms with E-state index in [0.29, 0.717) is 6.04 Å². The van der Waals surface area contributed by atoms with E-state index in [1.807, 2.05) is 0 Å². The lowest BCUT2D eigenvalue weighted by Crippen LogP contribution is -3.16. The third kappa shape index (κ3) is 2.63. The summed E-state index contributed by atoms with van der Waals surface area (Å²) in [6.45, 7) is 4.62. The van der Waals surface area contributed by atoms with Gasteiger partial charge in [-0.05, 0) is 25.3 Å². The Bertz CT molecular complexity index is 527. The Balaban J connectivity index is 2.07. The van der Waals surface area contributed by atoms with Gasteiger partial charge in [0.15, 0.2) is 17.5 Å². The predicted molar refractivity (Wildman–Crippen MR) is 83.9 cm³/mol. The van der Waals surface area contributed by atoms with Crippen molar-refractivity contribution in [2.45, 2.75) is 31.8 Å². The van der Waals surface area contributed by atoms with Crippen molar-refractivity contribution in [2.24, 2.45) is 0 Å². The fourth-order valence-corrected chi connectivity index (χ4v) is 4.03. The van der Waals surface area contributed by atoms with Crippen molar-refractivity contribution in [3.8, 4) is 17.2 Å². The van der Waals surface area contributed by atoms with Crippen molar-refractivity contribution >= 4 is 0 Å². The quantitative estimate of drug-likeness (QED) is 0.817. The number of nitrogens with one attached hydrogen (secondary N) is 1. The summed E-state index contributed by atoms with van der Waals surface area (Å²) in [6, 6.07) is 2.61. The number of methoxy groups -OCH3 is 3. The third-order valence-corrected chi connectivity index (χ3v) is 5.06. The van der Waals surface area contributed by atoms with Gasteiger partial charge in [0.2, 0.25) is 5.75 Å². The third-order valence-electron chi connectivity index (χ3n) is 5.06. The SMILES string of the molecule is COc1cc2c(c(OC)c1OC)[C@@H]([NH+]1CCCCC1)C[NH2+]C2. The second-order valence-electron chi connectivity index (χ2n) is 6.22. The van der Waals surface area contributed by atoms with Crippen LogP contribution in [-0.4, -0.2) is 41.0 Å². The number of benzene rings is 1. The van der Waals surface area contributed by atoms with Gasteiger partial charge in [-0.3, -0.25) is 0 Å². The molecule has 1 aromatic carbocycles. The normalized spacial score (nSPS) is 22.0. The molecule has 0 radical (unpaired) electrons. The lowest BCUT2D eigenvalue weighted by atomic mass is 9.92. The molecule has 2 aliphatic rings. The number of nitrogens with two attached hydrogens (primary N) is 1. The Morgan fingerprint density at radius 1 is 1.00 bits per heavy atom. The minimum Gasteiger partial charge on any atom is -0.493 e. The van der Waals surface area contributed by atoms with Crippen LogP contribution in [0.25, 0.3) is 0 Å². The number of ether oxygens (including phenoxy) is 3. The minimum atomic E-state index is 0.485. The number of hydrogen-bond acceptors (Lipinski definition) is 3. The first-order valence-electron chi connectivity index (χ1n) is 8.28. The first-order valence-corrected chi connectivity index (χ1v) is 8.28. The smallest absolute Gasteiger partial charge is 0.203 e. The molecule has 22 heavy (non-hydrogen) atoms. The van der Waals surface area contributed by atoms with Crippen LogP contribution in [0.3, 0.4) is 0 Å². The second kappa shape index (κ2) is 6.75. The summed E-state index contributed by atoms with van der Waals surface area (Å²) < 4.78 is 16.9. The van der Waals surface area contributed by atoms with Crippen LogP contribution < -0.4 is 24.4 Å². The van der Waals surface area contributed by atoms with Crippen LogP contribution in [0.1, 0.15) is 36.4 Å². The van der Waals surface area contributed by atoms with Gasteiger partial charge in [0.25, 0.3) is 0 Å². The van der Waals surface area contributed by atoms with E-state index in [9.17, 15) is 0 Å². The summed E-state index contributed by atoms with van der Waals surface area (Å²) in [6.07, 6.45) is 4.03. The van der Waals surface area contributed by atoms with Gasteiger partial charge in [-0.2, -0.15) is 0 Å². The Hall–Kier alpha value is -1.46. The van der Waals surface area contributed by atoms with Gasteiger partial charge in [0, 0.05) is 5.56 Å². The summed E-state index contributed by atoms with van der Waals surface area (Å²) >= 11 is 0. The van der Waals surface area contributed by atoms with Gasteiger partial charge in [0.05, 0.1) is 40.0 Å². The Kier molecular flexibility index (Phi) is 4.74. The number of quaternary nitrogens is 2. The van der Waals surface area contributed by atoms with E-state index in [1.165, 1.54) is 43.5 Å². The number of rotatable bonds is 4. The van der Waals surface area contributed by atoms with E-state index >= 15 is 0 Å². The van der Waals surface area contributed by atoms with Gasteiger partial charge in [0.1, 0.15) is 13.1 Å². The number of fused-ring (bicyclic) bond motifs is 1. The summed E-state index contributed by atoms with van der Waals surface area (Å²) in [7, 11) is 5.10. The highest BCUT2D eigenvalue weighted by Gasteiger charge is 2.37. The van der Waals surface area contributed by atoms with Gasteiger partial charge in [-0.1, -0.05) is 0 Å². The molecular weight excluding hydrogens is 280 g/mol. The van der Waals surface area contributed by atoms with E-state index in [-0.39, 0.29) is 0 Å². The zero-order valence-electron chi connectivity index (χ0n) is 13.9. The fourth-order valence-electron chi connectivity index (χ4n) is 4.03. The number of piperidine rings is 1. The highest BCUT2D eigenvalue weighted by molar-refractivity contribution is 5.60. The molecule has 0 aromatic heterocycles. The first kappa shape index (κ1) is 15.4. The fraction of sp³-hybridized carbons (Fsp3) is 0.647. The molecule has 0 bridgehead atoms. The van der Waals surface area contributed by atoms with Crippen LogP contribution in [0.15, 0.2) is 6.07 Å². The molecule has 3 rings (SSSR count). The number of hydrogen-bond donors (Lipinski definition) is 2. The Morgan fingerprint density at radius 2 is 1.73 bits per heavy atom. The van der Waals surface area contributed by atoms with Crippen LogP contribution in [0.2, 0.25) is 0 Å². The lowest BCUT2D eigenvalue weighted by molar-refractivity contribution is -0.952. The molecule has 0 amide bonds. The van der Waals surface area contributed by atoms with E-state index in [0.717, 1.165) is 30.3 Å².